The maximum absolute atomic E-state index is 14.0. The Morgan fingerprint density at radius 2 is 1.75 bits per heavy atom. The van der Waals surface area contributed by atoms with E-state index in [2.05, 4.69) is 14.9 Å². The lowest BCUT2D eigenvalue weighted by Gasteiger charge is -2.38. The molecule has 2 aliphatic heterocycles. The number of hydrogen-bond acceptors (Lipinski definition) is 3. The van der Waals surface area contributed by atoms with E-state index in [0.717, 1.165) is 37.7 Å². The van der Waals surface area contributed by atoms with E-state index >= 15 is 0 Å². The third kappa shape index (κ3) is 3.51. The van der Waals surface area contributed by atoms with Gasteiger partial charge in [0, 0.05) is 38.3 Å². The summed E-state index contributed by atoms with van der Waals surface area (Å²) in [6.45, 7) is 5.91. The van der Waals surface area contributed by atoms with Gasteiger partial charge in [0.1, 0.15) is 5.82 Å². The molecule has 1 aromatic carbocycles. The van der Waals surface area contributed by atoms with Crippen LogP contribution < -0.4 is 0 Å². The highest BCUT2D eigenvalue weighted by molar-refractivity contribution is 5.18. The quantitative estimate of drug-likeness (QED) is 0.838. The van der Waals surface area contributed by atoms with E-state index in [1.807, 2.05) is 12.1 Å². The average molecular weight is 331 g/mol. The molecule has 3 fully saturated rings. The van der Waals surface area contributed by atoms with Gasteiger partial charge in [-0.2, -0.15) is 0 Å². The van der Waals surface area contributed by atoms with Crippen molar-refractivity contribution in [2.75, 3.05) is 32.7 Å². The molecule has 3 nitrogen and oxygen atoms in total. The highest BCUT2D eigenvalue weighted by atomic mass is 19.1. The highest BCUT2D eigenvalue weighted by Gasteiger charge is 2.32. The lowest BCUT2D eigenvalue weighted by atomic mass is 9.91. The molecule has 1 atom stereocenters. The first-order valence-electron chi connectivity index (χ1n) is 9.80. The molecule has 0 radical (unpaired) electrons. The van der Waals surface area contributed by atoms with Crippen LogP contribution in [0.25, 0.3) is 0 Å². The third-order valence-corrected chi connectivity index (χ3v) is 6.22. The molecule has 24 heavy (non-hydrogen) atoms. The normalized spacial score (nSPS) is 28.0. The summed E-state index contributed by atoms with van der Waals surface area (Å²) in [6, 6.07) is 8.62. The van der Waals surface area contributed by atoms with E-state index in [-0.39, 0.29) is 5.82 Å². The van der Waals surface area contributed by atoms with Crippen LogP contribution in [0.2, 0.25) is 0 Å². The Morgan fingerprint density at radius 1 is 0.875 bits per heavy atom. The van der Waals surface area contributed by atoms with Crippen LogP contribution >= 0.6 is 0 Å². The molecule has 0 aromatic heterocycles. The van der Waals surface area contributed by atoms with Crippen molar-refractivity contribution < 1.29 is 4.39 Å². The van der Waals surface area contributed by atoms with Gasteiger partial charge in [-0.05, 0) is 56.7 Å². The second kappa shape index (κ2) is 7.51. The van der Waals surface area contributed by atoms with Crippen LogP contribution in [0.15, 0.2) is 24.3 Å². The molecular weight excluding hydrogens is 301 g/mol. The Hall–Kier alpha value is -0.970. The van der Waals surface area contributed by atoms with Crippen molar-refractivity contribution in [2.45, 2.75) is 57.0 Å². The molecule has 1 saturated carbocycles. The Labute approximate surface area is 145 Å². The molecular formula is C20H30FN3. The van der Waals surface area contributed by atoms with Crippen molar-refractivity contribution in [3.05, 3.63) is 35.6 Å². The zero-order chi connectivity index (χ0) is 16.4. The van der Waals surface area contributed by atoms with Crippen LogP contribution in [0.1, 0.15) is 44.1 Å². The molecule has 0 amide bonds. The highest BCUT2D eigenvalue weighted by Crippen LogP contribution is 2.28. The number of rotatable bonds is 4. The van der Waals surface area contributed by atoms with Crippen molar-refractivity contribution in [1.82, 2.24) is 14.9 Å². The lowest BCUT2D eigenvalue weighted by Crippen LogP contribution is -2.48. The van der Waals surface area contributed by atoms with Gasteiger partial charge in [0.25, 0.3) is 0 Å². The molecule has 1 aromatic rings. The van der Waals surface area contributed by atoms with E-state index < -0.39 is 0 Å². The standard InChI is InChI=1S/C20H30FN3/c21-20-10-2-1-6-17(20)16-19-9-4-13-24(19)23-12-5-11-22(14-15-23)18-7-3-8-18/h1-2,6,10,18-19H,3-5,7-9,11-16H2. The Kier molecular flexibility index (Phi) is 5.16. The van der Waals surface area contributed by atoms with Gasteiger partial charge in [-0.25, -0.2) is 14.4 Å². The van der Waals surface area contributed by atoms with Crippen LogP contribution in [-0.2, 0) is 6.42 Å². The minimum absolute atomic E-state index is 0.0450. The van der Waals surface area contributed by atoms with Crippen molar-refractivity contribution in [1.29, 1.82) is 0 Å². The number of nitrogens with zero attached hydrogens (tertiary/aromatic N) is 3. The number of hydrazine groups is 1. The van der Waals surface area contributed by atoms with Crippen molar-refractivity contribution >= 4 is 0 Å². The van der Waals surface area contributed by atoms with Crippen LogP contribution in [0.5, 0.6) is 0 Å². The zero-order valence-electron chi connectivity index (χ0n) is 14.7. The molecule has 1 aliphatic carbocycles. The molecule has 2 saturated heterocycles. The summed E-state index contributed by atoms with van der Waals surface area (Å²) >= 11 is 0. The Bertz CT molecular complexity index is 545. The molecule has 1 unspecified atom stereocenters. The summed E-state index contributed by atoms with van der Waals surface area (Å²) in [5.74, 6) is -0.0450. The van der Waals surface area contributed by atoms with Gasteiger partial charge in [0.15, 0.2) is 0 Å². The fraction of sp³-hybridized carbons (Fsp3) is 0.700. The zero-order valence-corrected chi connectivity index (χ0v) is 14.7. The van der Waals surface area contributed by atoms with Gasteiger partial charge < -0.3 is 0 Å². The smallest absolute Gasteiger partial charge is 0.126 e. The molecule has 132 valence electrons. The van der Waals surface area contributed by atoms with Crippen LogP contribution in [0.4, 0.5) is 4.39 Å². The van der Waals surface area contributed by atoms with Gasteiger partial charge in [-0.1, -0.05) is 24.6 Å². The van der Waals surface area contributed by atoms with Crippen molar-refractivity contribution in [3.8, 4) is 0 Å². The van der Waals surface area contributed by atoms with E-state index in [1.54, 1.807) is 12.1 Å². The van der Waals surface area contributed by atoms with E-state index in [0.29, 0.717) is 6.04 Å². The van der Waals surface area contributed by atoms with Crippen LogP contribution in [-0.4, -0.2) is 59.7 Å². The minimum Gasteiger partial charge on any atom is -0.299 e. The van der Waals surface area contributed by atoms with Crippen molar-refractivity contribution in [3.63, 3.8) is 0 Å². The summed E-state index contributed by atoms with van der Waals surface area (Å²) in [4.78, 5) is 2.71. The maximum atomic E-state index is 14.0. The molecule has 4 rings (SSSR count). The molecule has 0 N–H and O–H groups in total. The number of halogens is 1. The minimum atomic E-state index is -0.0450. The predicted octanol–water partition coefficient (Wildman–Crippen LogP) is 3.31. The molecule has 4 heteroatoms. The van der Waals surface area contributed by atoms with Crippen molar-refractivity contribution in [2.24, 2.45) is 0 Å². The first kappa shape index (κ1) is 16.5. The van der Waals surface area contributed by atoms with Crippen LogP contribution in [0.3, 0.4) is 0 Å². The predicted molar refractivity (Wildman–Crippen MR) is 95.2 cm³/mol. The fourth-order valence-electron chi connectivity index (χ4n) is 4.62. The van der Waals surface area contributed by atoms with Gasteiger partial charge in [0.05, 0.1) is 0 Å². The SMILES string of the molecule is Fc1ccccc1CC1CCCN1N1CCCN(C2CCC2)CC1. The number of hydrogen-bond donors (Lipinski definition) is 0. The maximum Gasteiger partial charge on any atom is 0.126 e. The third-order valence-electron chi connectivity index (χ3n) is 6.22. The first-order chi connectivity index (χ1) is 11.8. The molecule has 2 heterocycles. The van der Waals surface area contributed by atoms with E-state index in [4.69, 9.17) is 0 Å². The summed E-state index contributed by atoms with van der Waals surface area (Å²) in [6.07, 6.45) is 8.76. The average Bonchev–Trinajstić information content (AvgIpc) is 2.86. The second-order valence-corrected chi connectivity index (χ2v) is 7.68. The summed E-state index contributed by atoms with van der Waals surface area (Å²) in [5, 5.41) is 5.15. The van der Waals surface area contributed by atoms with Crippen LogP contribution in [0, 0.1) is 5.82 Å². The van der Waals surface area contributed by atoms with Gasteiger partial charge in [0.2, 0.25) is 0 Å². The second-order valence-electron chi connectivity index (χ2n) is 7.68. The van der Waals surface area contributed by atoms with Gasteiger partial charge in [-0.15, -0.1) is 0 Å². The molecule has 0 bridgehead atoms. The van der Waals surface area contributed by atoms with E-state index in [1.165, 1.54) is 51.6 Å². The Morgan fingerprint density at radius 3 is 2.54 bits per heavy atom. The lowest BCUT2D eigenvalue weighted by molar-refractivity contribution is -0.0345. The fourth-order valence-corrected chi connectivity index (χ4v) is 4.62. The van der Waals surface area contributed by atoms with E-state index in [9.17, 15) is 4.39 Å². The monoisotopic (exact) mass is 331 g/mol. The van der Waals surface area contributed by atoms with Gasteiger partial charge in [-0.3, -0.25) is 4.90 Å². The first-order valence-corrected chi connectivity index (χ1v) is 9.80. The Balaban J connectivity index is 1.38. The van der Waals surface area contributed by atoms with Gasteiger partial charge >= 0.3 is 0 Å². The summed E-state index contributed by atoms with van der Waals surface area (Å²) in [7, 11) is 0. The molecule has 0 spiro atoms. The summed E-state index contributed by atoms with van der Waals surface area (Å²) in [5.41, 5.74) is 0.875. The largest absolute Gasteiger partial charge is 0.299 e. The summed E-state index contributed by atoms with van der Waals surface area (Å²) < 4.78 is 14.0. The topological polar surface area (TPSA) is 9.72 Å². The number of benzene rings is 1. The molecule has 3 aliphatic rings.